The lowest BCUT2D eigenvalue weighted by molar-refractivity contribution is -0.386. The summed E-state index contributed by atoms with van der Waals surface area (Å²) in [6, 6.07) is 11.6. The average Bonchev–Trinajstić information content (AvgIpc) is 2.49. The van der Waals surface area contributed by atoms with E-state index in [2.05, 4.69) is 0 Å². The molecular formula is C17H17NO4. The maximum atomic E-state index is 12.5. The molecule has 22 heavy (non-hydrogen) atoms. The summed E-state index contributed by atoms with van der Waals surface area (Å²) in [5.74, 6) is -0.0991. The molecule has 0 bridgehead atoms. The van der Waals surface area contributed by atoms with Crippen molar-refractivity contribution in [2.75, 3.05) is 0 Å². The summed E-state index contributed by atoms with van der Waals surface area (Å²) >= 11 is 0. The highest BCUT2D eigenvalue weighted by Crippen LogP contribution is 2.27. The zero-order valence-electron chi connectivity index (χ0n) is 12.7. The molecule has 0 amide bonds. The number of ether oxygens (including phenoxy) is 1. The zero-order chi connectivity index (χ0) is 16.3. The second-order valence-corrected chi connectivity index (χ2v) is 5.17. The lowest BCUT2D eigenvalue weighted by atomic mass is 9.99. The van der Waals surface area contributed by atoms with Crippen LogP contribution in [-0.4, -0.2) is 16.8 Å². The summed E-state index contributed by atoms with van der Waals surface area (Å²) < 4.78 is 5.53. The molecule has 0 aromatic heterocycles. The monoisotopic (exact) mass is 299 g/mol. The molecule has 5 nitrogen and oxygen atoms in total. The second-order valence-electron chi connectivity index (χ2n) is 5.17. The quantitative estimate of drug-likeness (QED) is 0.477. The fourth-order valence-corrected chi connectivity index (χ4v) is 2.17. The topological polar surface area (TPSA) is 69.4 Å². The summed E-state index contributed by atoms with van der Waals surface area (Å²) in [6.45, 7) is 5.36. The van der Waals surface area contributed by atoms with Crippen LogP contribution in [0.2, 0.25) is 0 Å². The highest BCUT2D eigenvalue weighted by atomic mass is 16.6. The number of carbonyl (C=O) groups excluding carboxylic acids is 1. The number of nitrogens with zero attached hydrogens (tertiary/aromatic N) is 1. The van der Waals surface area contributed by atoms with Crippen molar-refractivity contribution in [3.63, 3.8) is 0 Å². The SMILES string of the molecule is Cc1ccc(C)c(C(=O)[C@@H](C)Oc2ccccc2[N+](=O)[O-])c1. The molecule has 0 radical (unpaired) electrons. The third-order valence-electron chi connectivity index (χ3n) is 3.39. The highest BCUT2D eigenvalue weighted by Gasteiger charge is 2.22. The number of hydrogen-bond acceptors (Lipinski definition) is 4. The maximum absolute atomic E-state index is 12.5. The Labute approximate surface area is 128 Å². The van der Waals surface area contributed by atoms with E-state index in [4.69, 9.17) is 4.74 Å². The number of nitro groups is 1. The van der Waals surface area contributed by atoms with E-state index in [0.717, 1.165) is 11.1 Å². The molecule has 0 aliphatic rings. The van der Waals surface area contributed by atoms with E-state index in [-0.39, 0.29) is 17.2 Å². The molecule has 0 N–H and O–H groups in total. The van der Waals surface area contributed by atoms with Gasteiger partial charge in [0.05, 0.1) is 4.92 Å². The number of aryl methyl sites for hydroxylation is 2. The lowest BCUT2D eigenvalue weighted by Gasteiger charge is -2.15. The van der Waals surface area contributed by atoms with Gasteiger partial charge in [-0.3, -0.25) is 14.9 Å². The van der Waals surface area contributed by atoms with Gasteiger partial charge in [-0.05, 0) is 38.5 Å². The zero-order valence-corrected chi connectivity index (χ0v) is 12.7. The van der Waals surface area contributed by atoms with Crippen LogP contribution < -0.4 is 4.74 Å². The lowest BCUT2D eigenvalue weighted by Crippen LogP contribution is -2.25. The molecule has 5 heteroatoms. The van der Waals surface area contributed by atoms with Crippen molar-refractivity contribution in [2.24, 2.45) is 0 Å². The maximum Gasteiger partial charge on any atom is 0.310 e. The molecule has 0 heterocycles. The molecule has 2 rings (SSSR count). The minimum Gasteiger partial charge on any atom is -0.475 e. The molecule has 0 fully saturated rings. The number of nitro benzene ring substituents is 1. The molecule has 0 unspecified atom stereocenters. The van der Waals surface area contributed by atoms with Crippen molar-refractivity contribution in [3.05, 3.63) is 69.3 Å². The Morgan fingerprint density at radius 2 is 1.86 bits per heavy atom. The average molecular weight is 299 g/mol. The standard InChI is InChI=1S/C17H17NO4/c1-11-8-9-12(2)14(10-11)17(19)13(3)22-16-7-5-4-6-15(16)18(20)21/h4-10,13H,1-3H3/t13-/m1/s1. The number of Topliss-reactive ketones (excluding diaryl/α,β-unsaturated/α-hetero) is 1. The Kier molecular flexibility index (Phi) is 4.56. The smallest absolute Gasteiger partial charge is 0.310 e. The third kappa shape index (κ3) is 3.31. The third-order valence-corrected chi connectivity index (χ3v) is 3.39. The summed E-state index contributed by atoms with van der Waals surface area (Å²) in [4.78, 5) is 23.0. The Hall–Kier alpha value is -2.69. The number of para-hydroxylation sites is 2. The van der Waals surface area contributed by atoms with Gasteiger partial charge >= 0.3 is 5.69 Å². The summed E-state index contributed by atoms with van der Waals surface area (Å²) in [5.41, 5.74) is 2.26. The van der Waals surface area contributed by atoms with Crippen LogP contribution in [-0.2, 0) is 0 Å². The van der Waals surface area contributed by atoms with E-state index < -0.39 is 11.0 Å². The van der Waals surface area contributed by atoms with Crippen molar-refractivity contribution in [1.82, 2.24) is 0 Å². The largest absolute Gasteiger partial charge is 0.475 e. The van der Waals surface area contributed by atoms with Gasteiger partial charge in [-0.2, -0.15) is 0 Å². The van der Waals surface area contributed by atoms with E-state index in [1.165, 1.54) is 12.1 Å². The van der Waals surface area contributed by atoms with Gasteiger partial charge in [-0.1, -0.05) is 29.8 Å². The van der Waals surface area contributed by atoms with Crippen LogP contribution in [0.25, 0.3) is 0 Å². The molecule has 2 aromatic carbocycles. The van der Waals surface area contributed by atoms with Crippen LogP contribution in [0.1, 0.15) is 28.4 Å². The number of benzene rings is 2. The Morgan fingerprint density at radius 1 is 1.18 bits per heavy atom. The van der Waals surface area contributed by atoms with E-state index >= 15 is 0 Å². The fourth-order valence-electron chi connectivity index (χ4n) is 2.17. The van der Waals surface area contributed by atoms with E-state index in [0.29, 0.717) is 5.56 Å². The molecule has 0 aliphatic carbocycles. The van der Waals surface area contributed by atoms with Crippen LogP contribution in [0.15, 0.2) is 42.5 Å². The normalized spacial score (nSPS) is 11.8. The molecule has 114 valence electrons. The van der Waals surface area contributed by atoms with Gasteiger partial charge < -0.3 is 4.74 Å². The minimum absolute atomic E-state index is 0.0960. The summed E-state index contributed by atoms with van der Waals surface area (Å²) in [7, 11) is 0. The van der Waals surface area contributed by atoms with Crippen molar-refractivity contribution in [1.29, 1.82) is 0 Å². The van der Waals surface area contributed by atoms with Crippen molar-refractivity contribution in [2.45, 2.75) is 26.9 Å². The number of hydrogen-bond donors (Lipinski definition) is 0. The number of ketones is 1. The van der Waals surface area contributed by atoms with Crippen molar-refractivity contribution in [3.8, 4) is 5.75 Å². The molecular weight excluding hydrogens is 282 g/mol. The predicted molar refractivity (Wildman–Crippen MR) is 83.4 cm³/mol. The van der Waals surface area contributed by atoms with Crippen molar-refractivity contribution >= 4 is 11.5 Å². The van der Waals surface area contributed by atoms with Gasteiger partial charge in [0, 0.05) is 11.6 Å². The summed E-state index contributed by atoms with van der Waals surface area (Å²) in [6.07, 6.45) is -0.804. The van der Waals surface area contributed by atoms with Gasteiger partial charge in [-0.25, -0.2) is 0 Å². The van der Waals surface area contributed by atoms with Crippen LogP contribution in [0.4, 0.5) is 5.69 Å². The molecule has 2 aromatic rings. The van der Waals surface area contributed by atoms with Gasteiger partial charge in [0.2, 0.25) is 5.78 Å². The first-order valence-corrected chi connectivity index (χ1v) is 6.91. The van der Waals surface area contributed by atoms with Crippen LogP contribution in [0.5, 0.6) is 5.75 Å². The van der Waals surface area contributed by atoms with Gasteiger partial charge in [0.1, 0.15) is 0 Å². The number of carbonyl (C=O) groups is 1. The van der Waals surface area contributed by atoms with Gasteiger partial charge in [0.15, 0.2) is 11.9 Å². The van der Waals surface area contributed by atoms with Crippen LogP contribution in [0.3, 0.4) is 0 Å². The molecule has 0 saturated carbocycles. The van der Waals surface area contributed by atoms with Crippen molar-refractivity contribution < 1.29 is 14.5 Å². The fraction of sp³-hybridized carbons (Fsp3) is 0.235. The Bertz CT molecular complexity index is 724. The Balaban J connectivity index is 2.26. The highest BCUT2D eigenvalue weighted by molar-refractivity contribution is 6.00. The van der Waals surface area contributed by atoms with E-state index in [1.54, 1.807) is 25.1 Å². The Morgan fingerprint density at radius 3 is 2.55 bits per heavy atom. The molecule has 0 spiro atoms. The van der Waals surface area contributed by atoms with E-state index in [1.807, 2.05) is 26.0 Å². The van der Waals surface area contributed by atoms with Crippen LogP contribution in [0, 0.1) is 24.0 Å². The minimum atomic E-state index is -0.804. The molecule has 0 aliphatic heterocycles. The molecule has 1 atom stereocenters. The van der Waals surface area contributed by atoms with E-state index in [9.17, 15) is 14.9 Å². The van der Waals surface area contributed by atoms with Gasteiger partial charge in [0.25, 0.3) is 0 Å². The first kappa shape index (κ1) is 15.7. The predicted octanol–water partition coefficient (Wildman–Crippen LogP) is 3.86. The first-order chi connectivity index (χ1) is 10.4. The first-order valence-electron chi connectivity index (χ1n) is 6.91. The van der Waals surface area contributed by atoms with Crippen LogP contribution >= 0.6 is 0 Å². The number of rotatable bonds is 5. The molecule has 0 saturated heterocycles. The summed E-state index contributed by atoms with van der Waals surface area (Å²) in [5, 5.41) is 11.0. The van der Waals surface area contributed by atoms with Gasteiger partial charge in [-0.15, -0.1) is 0 Å². The second kappa shape index (κ2) is 6.39.